The van der Waals surface area contributed by atoms with Crippen molar-refractivity contribution < 1.29 is 33.3 Å². The minimum absolute atomic E-state index is 0.0604. The Morgan fingerprint density at radius 1 is 1.03 bits per heavy atom. The predicted molar refractivity (Wildman–Crippen MR) is 119 cm³/mol. The molecule has 2 aromatic carbocycles. The molecular formula is C25H30O7. The molecule has 0 aliphatic carbocycles. The summed E-state index contributed by atoms with van der Waals surface area (Å²) in [7, 11) is 3.07. The number of fused-ring (bicyclic) bond motifs is 1. The maximum atomic E-state index is 12.6. The molecule has 0 aromatic heterocycles. The monoisotopic (exact) mass is 442 g/mol. The summed E-state index contributed by atoms with van der Waals surface area (Å²) < 4.78 is 27.9. The molecule has 1 heterocycles. The van der Waals surface area contributed by atoms with E-state index in [0.717, 1.165) is 11.1 Å². The summed E-state index contributed by atoms with van der Waals surface area (Å²) in [6.07, 6.45) is 0. The highest BCUT2D eigenvalue weighted by molar-refractivity contribution is 5.96. The van der Waals surface area contributed by atoms with Crippen molar-refractivity contribution in [1.82, 2.24) is 0 Å². The topological polar surface area (TPSA) is 80.3 Å². The number of rotatable bonds is 9. The molecule has 1 aliphatic heterocycles. The maximum Gasteiger partial charge on any atom is 0.338 e. The van der Waals surface area contributed by atoms with Crippen molar-refractivity contribution in [3.8, 4) is 28.4 Å². The second kappa shape index (κ2) is 9.51. The zero-order valence-electron chi connectivity index (χ0n) is 19.4. The van der Waals surface area contributed by atoms with E-state index < -0.39 is 5.41 Å². The van der Waals surface area contributed by atoms with E-state index in [1.165, 1.54) is 7.11 Å². The van der Waals surface area contributed by atoms with E-state index in [0.29, 0.717) is 35.0 Å². The van der Waals surface area contributed by atoms with Crippen LogP contribution in [0.5, 0.6) is 17.2 Å². The maximum absolute atomic E-state index is 12.6. The number of hydrogen-bond acceptors (Lipinski definition) is 7. The zero-order valence-corrected chi connectivity index (χ0v) is 19.4. The lowest BCUT2D eigenvalue weighted by atomic mass is 9.94. The van der Waals surface area contributed by atoms with Crippen molar-refractivity contribution in [3.05, 3.63) is 41.5 Å². The summed E-state index contributed by atoms with van der Waals surface area (Å²) in [6.45, 7) is 8.10. The van der Waals surface area contributed by atoms with Gasteiger partial charge in [0.1, 0.15) is 13.2 Å². The zero-order chi connectivity index (χ0) is 23.5. The summed E-state index contributed by atoms with van der Waals surface area (Å²) >= 11 is 0. The third-order valence-corrected chi connectivity index (χ3v) is 5.21. The van der Waals surface area contributed by atoms with Gasteiger partial charge in [0.05, 0.1) is 31.8 Å². The van der Waals surface area contributed by atoms with Gasteiger partial charge in [0.25, 0.3) is 0 Å². The van der Waals surface area contributed by atoms with Crippen molar-refractivity contribution in [2.24, 2.45) is 11.3 Å². The Labute approximate surface area is 188 Å². The van der Waals surface area contributed by atoms with Crippen molar-refractivity contribution in [2.75, 3.05) is 27.4 Å². The van der Waals surface area contributed by atoms with Crippen LogP contribution in [0.25, 0.3) is 11.1 Å². The molecule has 0 fully saturated rings. The molecule has 0 saturated carbocycles. The van der Waals surface area contributed by atoms with Gasteiger partial charge < -0.3 is 23.7 Å². The number of carbonyl (C=O) groups excluding carboxylic acids is 2. The van der Waals surface area contributed by atoms with E-state index in [9.17, 15) is 9.59 Å². The highest BCUT2D eigenvalue weighted by Crippen LogP contribution is 2.46. The van der Waals surface area contributed by atoms with Gasteiger partial charge in [0.15, 0.2) is 11.5 Å². The molecule has 0 saturated heterocycles. The van der Waals surface area contributed by atoms with Crippen LogP contribution in [0.15, 0.2) is 30.3 Å². The van der Waals surface area contributed by atoms with Crippen LogP contribution >= 0.6 is 0 Å². The molecule has 7 heteroatoms. The first-order valence-corrected chi connectivity index (χ1v) is 10.5. The van der Waals surface area contributed by atoms with Crippen molar-refractivity contribution in [2.45, 2.75) is 34.3 Å². The number of ether oxygens (including phenoxy) is 5. The van der Waals surface area contributed by atoms with Crippen LogP contribution in [0.4, 0.5) is 0 Å². The Morgan fingerprint density at radius 3 is 2.41 bits per heavy atom. The summed E-state index contributed by atoms with van der Waals surface area (Å²) in [5.74, 6) is 0.869. The average Bonchev–Trinajstić information content (AvgIpc) is 3.16. The molecule has 0 atom stereocenters. The van der Waals surface area contributed by atoms with Gasteiger partial charge in [-0.2, -0.15) is 0 Å². The number of benzene rings is 2. The third-order valence-electron chi connectivity index (χ3n) is 5.21. The number of methoxy groups -OCH3 is 2. The number of hydrogen-bond donors (Lipinski definition) is 0. The van der Waals surface area contributed by atoms with Crippen LogP contribution in [0, 0.1) is 11.3 Å². The Hall–Kier alpha value is -3.22. The molecule has 0 spiro atoms. The normalized spacial score (nSPS) is 12.9. The van der Waals surface area contributed by atoms with Gasteiger partial charge in [-0.15, -0.1) is 0 Å². The van der Waals surface area contributed by atoms with Gasteiger partial charge in [0.2, 0.25) is 5.75 Å². The summed E-state index contributed by atoms with van der Waals surface area (Å²) in [5.41, 5.74) is 1.93. The van der Waals surface area contributed by atoms with Crippen LogP contribution in [0.3, 0.4) is 0 Å². The summed E-state index contributed by atoms with van der Waals surface area (Å²) in [5, 5.41) is 0. The second-order valence-electron chi connectivity index (χ2n) is 8.75. The Kier molecular flexibility index (Phi) is 6.96. The molecule has 2 aromatic rings. The highest BCUT2D eigenvalue weighted by Gasteiger charge is 2.33. The van der Waals surface area contributed by atoms with E-state index >= 15 is 0 Å². The minimum atomic E-state index is -0.891. The molecule has 0 bridgehead atoms. The fraction of sp³-hybridized carbons (Fsp3) is 0.440. The molecule has 1 aliphatic rings. The lowest BCUT2D eigenvalue weighted by Gasteiger charge is -2.25. The van der Waals surface area contributed by atoms with Crippen LogP contribution in [-0.2, 0) is 20.9 Å². The van der Waals surface area contributed by atoms with E-state index in [-0.39, 0.29) is 31.1 Å². The molecule has 32 heavy (non-hydrogen) atoms. The standard InChI is InChI=1S/C25H30O7/c1-15(2)12-31-24(27)25(3,4)14-32-21-17(10-11-20(28-5)22(21)29-6)16-8-7-9-18-19(16)13-30-23(18)26/h7-11,15H,12-14H2,1-6H3. The van der Waals surface area contributed by atoms with E-state index in [2.05, 4.69) is 0 Å². The molecule has 0 amide bonds. The summed E-state index contributed by atoms with van der Waals surface area (Å²) in [4.78, 5) is 24.6. The Morgan fingerprint density at radius 2 is 1.75 bits per heavy atom. The summed E-state index contributed by atoms with van der Waals surface area (Å²) in [6, 6.07) is 9.06. The van der Waals surface area contributed by atoms with Crippen molar-refractivity contribution >= 4 is 11.9 Å². The van der Waals surface area contributed by atoms with Crippen molar-refractivity contribution in [3.63, 3.8) is 0 Å². The van der Waals surface area contributed by atoms with Gasteiger partial charge in [0, 0.05) is 11.1 Å². The molecule has 0 radical (unpaired) electrons. The molecule has 3 rings (SSSR count). The number of carbonyl (C=O) groups is 2. The quantitative estimate of drug-likeness (QED) is 0.523. The minimum Gasteiger partial charge on any atom is -0.493 e. The highest BCUT2D eigenvalue weighted by atomic mass is 16.6. The van der Waals surface area contributed by atoms with Crippen molar-refractivity contribution in [1.29, 1.82) is 0 Å². The predicted octanol–water partition coefficient (Wildman–Crippen LogP) is 4.65. The Bertz CT molecular complexity index is 1010. The fourth-order valence-corrected chi connectivity index (χ4v) is 3.40. The second-order valence-corrected chi connectivity index (χ2v) is 8.75. The lowest BCUT2D eigenvalue weighted by Crippen LogP contribution is -2.33. The number of cyclic esters (lactones) is 1. The van der Waals surface area contributed by atoms with Gasteiger partial charge in [-0.1, -0.05) is 26.0 Å². The van der Waals surface area contributed by atoms with Crippen LogP contribution in [0.2, 0.25) is 0 Å². The van der Waals surface area contributed by atoms with E-state index in [1.807, 2.05) is 26.0 Å². The third kappa shape index (κ3) is 4.66. The SMILES string of the molecule is COc1ccc(-c2cccc3c2COC3=O)c(OCC(C)(C)C(=O)OCC(C)C)c1OC. The molecule has 7 nitrogen and oxygen atoms in total. The van der Waals surface area contributed by atoms with Crippen LogP contribution in [-0.4, -0.2) is 39.4 Å². The van der Waals surface area contributed by atoms with E-state index in [4.69, 9.17) is 23.7 Å². The van der Waals surface area contributed by atoms with Gasteiger partial charge in [-0.25, -0.2) is 4.79 Å². The van der Waals surface area contributed by atoms with Gasteiger partial charge in [-0.05, 0) is 43.5 Å². The average molecular weight is 443 g/mol. The largest absolute Gasteiger partial charge is 0.493 e. The smallest absolute Gasteiger partial charge is 0.338 e. The molecule has 0 N–H and O–H groups in total. The van der Waals surface area contributed by atoms with Gasteiger partial charge >= 0.3 is 11.9 Å². The first-order valence-electron chi connectivity index (χ1n) is 10.5. The number of esters is 2. The molecule has 172 valence electrons. The first kappa shape index (κ1) is 23.4. The van der Waals surface area contributed by atoms with E-state index in [1.54, 1.807) is 39.2 Å². The molecular weight excluding hydrogens is 412 g/mol. The first-order chi connectivity index (χ1) is 15.2. The lowest BCUT2D eigenvalue weighted by molar-refractivity contribution is -0.156. The Balaban J connectivity index is 2.00. The van der Waals surface area contributed by atoms with Gasteiger partial charge in [-0.3, -0.25) is 4.79 Å². The fourth-order valence-electron chi connectivity index (χ4n) is 3.40. The van der Waals surface area contributed by atoms with Crippen LogP contribution < -0.4 is 14.2 Å². The van der Waals surface area contributed by atoms with Crippen LogP contribution in [0.1, 0.15) is 43.6 Å². The molecule has 0 unspecified atom stereocenters.